The Balaban J connectivity index is 0.951. The predicted molar refractivity (Wildman–Crippen MR) is 230 cm³/mol. The highest BCUT2D eigenvalue weighted by Gasteiger charge is 2.46. The molecular weight excluding hydrogens is 773 g/mol. The Bertz CT molecular complexity index is 2590. The maximum absolute atomic E-state index is 14.0. The average molecular weight is 819 g/mol. The lowest BCUT2D eigenvalue weighted by Gasteiger charge is -2.28. The normalized spacial score (nSPS) is 22.2. The fraction of sp³-hybridized carbons (Fsp3) is 0.265. The fourth-order valence-electron chi connectivity index (χ4n) is 9.27. The van der Waals surface area contributed by atoms with Crippen LogP contribution in [0.3, 0.4) is 0 Å². The van der Waals surface area contributed by atoms with E-state index in [1.807, 2.05) is 72.8 Å². The molecule has 4 aromatic carbocycles. The number of carbonyl (C=O) groups excluding carboxylic acids is 2. The Morgan fingerprint density at radius 1 is 0.426 bits per heavy atom. The molecule has 1 saturated carbocycles. The summed E-state index contributed by atoms with van der Waals surface area (Å²) in [6.07, 6.45) is 9.71. The van der Waals surface area contributed by atoms with Crippen molar-refractivity contribution in [3.05, 3.63) is 164 Å². The van der Waals surface area contributed by atoms with Gasteiger partial charge >= 0.3 is 11.9 Å². The third kappa shape index (κ3) is 7.43. The Hall–Kier alpha value is -7.08. The monoisotopic (exact) mass is 818 g/mol. The fourth-order valence-corrected chi connectivity index (χ4v) is 9.27. The highest BCUT2D eigenvalue weighted by molar-refractivity contribution is 5.97. The van der Waals surface area contributed by atoms with Gasteiger partial charge in [0.15, 0.2) is 0 Å². The Morgan fingerprint density at radius 3 is 1.05 bits per heavy atom. The molecule has 2 atom stereocenters. The van der Waals surface area contributed by atoms with Crippen molar-refractivity contribution in [2.45, 2.75) is 81.8 Å². The van der Waals surface area contributed by atoms with Gasteiger partial charge in [0.1, 0.15) is 22.3 Å². The van der Waals surface area contributed by atoms with Crippen molar-refractivity contribution in [3.63, 3.8) is 0 Å². The van der Waals surface area contributed by atoms with E-state index >= 15 is 0 Å². The van der Waals surface area contributed by atoms with Crippen LogP contribution in [0.25, 0.3) is 34.9 Å². The second kappa shape index (κ2) is 16.2. The first kappa shape index (κ1) is 39.4. The molecule has 12 nitrogen and oxygen atoms in total. The number of ether oxygens (including phenoxy) is 2. The van der Waals surface area contributed by atoms with Crippen LogP contribution >= 0.6 is 0 Å². The minimum absolute atomic E-state index is 0.00570. The summed E-state index contributed by atoms with van der Waals surface area (Å²) < 4.78 is 18.1. The van der Waals surface area contributed by atoms with E-state index in [4.69, 9.17) is 9.47 Å². The maximum atomic E-state index is 14.0. The van der Waals surface area contributed by atoms with E-state index in [9.17, 15) is 29.4 Å². The molecule has 1 aliphatic carbocycles. The molecule has 3 aliphatic rings. The number of nitrogens with zero attached hydrogens (tertiary/aromatic N) is 4. The summed E-state index contributed by atoms with van der Waals surface area (Å²) in [6, 6.07) is 36.2. The molecule has 6 aromatic rings. The number of para-hydroxylation sites is 4. The molecule has 2 unspecified atom stereocenters. The van der Waals surface area contributed by atoms with Crippen LogP contribution in [0.5, 0.6) is 11.8 Å². The quantitative estimate of drug-likeness (QED) is 0.126. The van der Waals surface area contributed by atoms with Gasteiger partial charge in [0.05, 0.1) is 22.7 Å². The Labute approximate surface area is 351 Å². The summed E-state index contributed by atoms with van der Waals surface area (Å²) in [6.45, 7) is 0. The van der Waals surface area contributed by atoms with Crippen molar-refractivity contribution < 1.29 is 29.3 Å². The summed E-state index contributed by atoms with van der Waals surface area (Å²) in [5, 5.41) is 23.1. The molecule has 2 N–H and O–H groups in total. The first-order valence-electron chi connectivity index (χ1n) is 20.9. The second-order valence-corrected chi connectivity index (χ2v) is 16.3. The smallest absolute Gasteiger partial charge is 0.334 e. The minimum Gasteiger partial charge on any atom is -0.493 e. The van der Waals surface area contributed by atoms with Crippen molar-refractivity contribution in [2.24, 2.45) is 0 Å². The molecule has 2 spiro atoms. The third-order valence-corrected chi connectivity index (χ3v) is 12.2. The number of carbonyl (C=O) groups is 2. The van der Waals surface area contributed by atoms with Gasteiger partial charge in [0, 0.05) is 24.0 Å². The molecular formula is C49H46N4O8. The molecule has 0 radical (unpaired) electrons. The molecule has 9 rings (SSSR count). The number of hydrogen-bond donors (Lipinski definition) is 2. The van der Waals surface area contributed by atoms with Crippen LogP contribution in [0.15, 0.2) is 142 Å². The van der Waals surface area contributed by atoms with Crippen LogP contribution in [0.2, 0.25) is 0 Å². The van der Waals surface area contributed by atoms with Crippen molar-refractivity contribution in [1.82, 2.24) is 18.7 Å². The summed E-state index contributed by atoms with van der Waals surface area (Å²) >= 11 is 0. The van der Waals surface area contributed by atoms with Crippen LogP contribution < -0.4 is 11.1 Å². The minimum atomic E-state index is -0.768. The summed E-state index contributed by atoms with van der Waals surface area (Å²) in [7, 11) is 0. The molecule has 0 amide bonds. The molecule has 12 heteroatoms. The van der Waals surface area contributed by atoms with Crippen molar-refractivity contribution >= 4 is 24.1 Å². The average Bonchev–Trinajstić information content (AvgIpc) is 3.93. The third-order valence-electron chi connectivity index (χ3n) is 12.2. The van der Waals surface area contributed by atoms with Gasteiger partial charge < -0.3 is 19.7 Å². The Morgan fingerprint density at radius 2 is 0.721 bits per heavy atom. The van der Waals surface area contributed by atoms with Crippen LogP contribution in [0.1, 0.15) is 81.8 Å². The first-order chi connectivity index (χ1) is 29.7. The second-order valence-electron chi connectivity index (χ2n) is 16.3. The van der Waals surface area contributed by atoms with Gasteiger partial charge in [-0.3, -0.25) is 9.59 Å². The molecule has 0 bridgehead atoms. The van der Waals surface area contributed by atoms with Crippen LogP contribution in [0, 0.1) is 0 Å². The summed E-state index contributed by atoms with van der Waals surface area (Å²) in [4.78, 5) is 55.2. The van der Waals surface area contributed by atoms with Gasteiger partial charge in [-0.2, -0.15) is 0 Å². The maximum Gasteiger partial charge on any atom is 0.334 e. The molecule has 3 fully saturated rings. The van der Waals surface area contributed by atoms with E-state index in [0.717, 1.165) is 19.3 Å². The molecule has 2 aromatic heterocycles. The number of hydrogen-bond acceptors (Lipinski definition) is 8. The highest BCUT2D eigenvalue weighted by atomic mass is 16.6. The number of esters is 2. The highest BCUT2D eigenvalue weighted by Crippen LogP contribution is 2.45. The van der Waals surface area contributed by atoms with Crippen LogP contribution in [-0.2, 0) is 19.1 Å². The van der Waals surface area contributed by atoms with Crippen LogP contribution in [-0.4, -0.2) is 52.1 Å². The van der Waals surface area contributed by atoms with E-state index in [0.29, 0.717) is 85.3 Å². The van der Waals surface area contributed by atoms with E-state index in [1.54, 1.807) is 48.5 Å². The van der Waals surface area contributed by atoms with E-state index < -0.39 is 34.3 Å². The topological polar surface area (TPSA) is 147 Å². The largest absolute Gasteiger partial charge is 0.493 e. The molecule has 2 saturated heterocycles. The summed E-state index contributed by atoms with van der Waals surface area (Å²) in [5.41, 5.74) is 0.496. The number of aromatic hydroxyl groups is 2. The molecule has 2 aliphatic heterocycles. The summed E-state index contributed by atoms with van der Waals surface area (Å²) in [5.74, 6) is -1.56. The lowest BCUT2D eigenvalue weighted by molar-refractivity contribution is -0.149. The van der Waals surface area contributed by atoms with Crippen molar-refractivity contribution in [3.8, 4) is 34.5 Å². The van der Waals surface area contributed by atoms with Gasteiger partial charge in [-0.05, 0) is 112 Å². The number of benzene rings is 4. The zero-order valence-electron chi connectivity index (χ0n) is 33.6. The lowest BCUT2D eigenvalue weighted by atomic mass is 9.85. The molecule has 4 heterocycles. The van der Waals surface area contributed by atoms with Crippen LogP contribution in [0.4, 0.5) is 0 Å². The van der Waals surface area contributed by atoms with E-state index in [-0.39, 0.29) is 22.9 Å². The standard InChI is InChI=1S/C49H46N4O8/c54-42-40(43(55)51(37-20-8-2-9-21-37)50(42)36-18-6-1-7-19-36)30-34-32-48(60-46(34)58)26-14-5-15-27-49(29-17-16-28-48)33-35(47(59)61-49)31-41-44(56)52(38-22-10-3-11-23-38)53(45(41)57)39-24-12-4-13-25-39/h1-4,6-13,18-25,30-31,54,56H,5,14-17,26-29,32-33H2. The van der Waals surface area contributed by atoms with Gasteiger partial charge in [-0.1, -0.05) is 79.2 Å². The molecule has 61 heavy (non-hydrogen) atoms. The van der Waals surface area contributed by atoms with Gasteiger partial charge in [0.2, 0.25) is 11.8 Å². The molecule has 310 valence electrons. The lowest BCUT2D eigenvalue weighted by Crippen LogP contribution is -2.29. The zero-order valence-corrected chi connectivity index (χ0v) is 33.6. The SMILES string of the molecule is O=C1OC2(CCCCCC3(CCCC2)CC(=Cc2c(O)n(-c4ccccc4)n(-c4ccccc4)c2=O)C(=O)O3)CC1=Cc1c(O)n(-c2ccccc2)n(-c2ccccc2)c1=O. The van der Waals surface area contributed by atoms with Gasteiger partial charge in [-0.15, -0.1) is 0 Å². The number of aromatic nitrogens is 4. The van der Waals surface area contributed by atoms with E-state index in [1.165, 1.54) is 30.9 Å². The van der Waals surface area contributed by atoms with Crippen molar-refractivity contribution in [1.29, 1.82) is 0 Å². The van der Waals surface area contributed by atoms with Gasteiger partial charge in [-0.25, -0.2) is 28.3 Å². The van der Waals surface area contributed by atoms with Gasteiger partial charge in [0.25, 0.3) is 11.1 Å². The first-order valence-corrected chi connectivity index (χ1v) is 20.9. The van der Waals surface area contributed by atoms with E-state index in [2.05, 4.69) is 0 Å². The van der Waals surface area contributed by atoms with Crippen molar-refractivity contribution in [2.75, 3.05) is 0 Å². The number of rotatable bonds is 6. The Kier molecular flexibility index (Phi) is 10.4. The zero-order chi connectivity index (χ0) is 42.1. The predicted octanol–water partition coefficient (Wildman–Crippen LogP) is 8.34.